The minimum absolute atomic E-state index is 0.0140. The largest absolute Gasteiger partial charge is 0.481 e. The van der Waals surface area contributed by atoms with Gasteiger partial charge in [0, 0.05) is 12.0 Å². The van der Waals surface area contributed by atoms with Gasteiger partial charge in [0.1, 0.15) is 0 Å². The van der Waals surface area contributed by atoms with Gasteiger partial charge in [0.15, 0.2) is 5.78 Å². The van der Waals surface area contributed by atoms with E-state index in [2.05, 4.69) is 4.90 Å². The van der Waals surface area contributed by atoms with E-state index in [4.69, 9.17) is 5.11 Å². The van der Waals surface area contributed by atoms with Crippen LogP contribution in [0.3, 0.4) is 0 Å². The molecule has 1 saturated carbocycles. The summed E-state index contributed by atoms with van der Waals surface area (Å²) in [5.41, 5.74) is 0. The van der Waals surface area contributed by atoms with E-state index in [0.717, 1.165) is 32.2 Å². The molecule has 1 aliphatic carbocycles. The number of carboxylic acids is 1. The van der Waals surface area contributed by atoms with Gasteiger partial charge in [0.05, 0.1) is 12.0 Å². The minimum Gasteiger partial charge on any atom is -0.481 e. The predicted octanol–water partition coefficient (Wildman–Crippen LogP) is 0.903. The Bertz CT molecular complexity index is 341. The molecule has 0 radical (unpaired) electrons. The molecule has 4 heteroatoms. The summed E-state index contributed by atoms with van der Waals surface area (Å²) in [6.07, 6.45) is 4.33. The van der Waals surface area contributed by atoms with Gasteiger partial charge in [0.25, 0.3) is 0 Å². The third kappa shape index (κ3) is 1.32. The Hall–Kier alpha value is -0.900. The number of ketones is 1. The third-order valence-electron chi connectivity index (χ3n) is 4.58. The normalized spacial score (nSPS) is 43.1. The van der Waals surface area contributed by atoms with E-state index >= 15 is 0 Å². The van der Waals surface area contributed by atoms with Crippen LogP contribution in [0.1, 0.15) is 32.1 Å². The molecule has 0 unspecified atom stereocenters. The molecule has 4 nitrogen and oxygen atoms in total. The lowest BCUT2D eigenvalue weighted by Crippen LogP contribution is -2.38. The van der Waals surface area contributed by atoms with Crippen LogP contribution in [0, 0.1) is 11.8 Å². The van der Waals surface area contributed by atoms with E-state index in [1.807, 2.05) is 0 Å². The molecule has 2 saturated heterocycles. The first-order valence-corrected chi connectivity index (χ1v) is 6.21. The monoisotopic (exact) mass is 223 g/mol. The van der Waals surface area contributed by atoms with Crippen molar-refractivity contribution >= 4 is 11.8 Å². The summed E-state index contributed by atoms with van der Waals surface area (Å²) in [4.78, 5) is 25.5. The molecule has 0 aromatic heterocycles. The summed E-state index contributed by atoms with van der Waals surface area (Å²) in [6.45, 7) is 1.04. The number of hydrogen-bond acceptors (Lipinski definition) is 3. The Morgan fingerprint density at radius 3 is 2.88 bits per heavy atom. The Kier molecular flexibility index (Phi) is 2.28. The first kappa shape index (κ1) is 10.3. The average molecular weight is 223 g/mol. The summed E-state index contributed by atoms with van der Waals surface area (Å²) in [7, 11) is 0. The number of nitrogens with zero attached hydrogens (tertiary/aromatic N) is 1. The maximum atomic E-state index is 12.2. The van der Waals surface area contributed by atoms with Crippen molar-refractivity contribution in [2.24, 2.45) is 11.8 Å². The van der Waals surface area contributed by atoms with Gasteiger partial charge in [-0.25, -0.2) is 0 Å². The highest BCUT2D eigenvalue weighted by atomic mass is 16.4. The number of hydrogen-bond donors (Lipinski definition) is 1. The van der Waals surface area contributed by atoms with Crippen molar-refractivity contribution in [3.63, 3.8) is 0 Å². The molecular weight excluding hydrogens is 206 g/mol. The Labute approximate surface area is 94.6 Å². The predicted molar refractivity (Wildman–Crippen MR) is 57.0 cm³/mol. The van der Waals surface area contributed by atoms with Gasteiger partial charge in [-0.1, -0.05) is 0 Å². The van der Waals surface area contributed by atoms with Crippen molar-refractivity contribution in [3.05, 3.63) is 0 Å². The van der Waals surface area contributed by atoms with Crippen LogP contribution in [-0.2, 0) is 9.59 Å². The maximum Gasteiger partial charge on any atom is 0.306 e. The molecule has 16 heavy (non-hydrogen) atoms. The molecule has 0 aromatic rings. The highest BCUT2D eigenvalue weighted by Crippen LogP contribution is 2.43. The van der Waals surface area contributed by atoms with Gasteiger partial charge in [-0.05, 0) is 38.6 Å². The second-order valence-electron chi connectivity index (χ2n) is 5.32. The highest BCUT2D eigenvalue weighted by Gasteiger charge is 2.52. The van der Waals surface area contributed by atoms with E-state index in [-0.39, 0.29) is 17.9 Å². The van der Waals surface area contributed by atoms with Crippen LogP contribution in [0.15, 0.2) is 0 Å². The van der Waals surface area contributed by atoms with Crippen LogP contribution < -0.4 is 0 Å². The first-order chi connectivity index (χ1) is 7.68. The average Bonchev–Trinajstić information content (AvgIpc) is 2.83. The zero-order valence-corrected chi connectivity index (χ0v) is 9.26. The third-order valence-corrected chi connectivity index (χ3v) is 4.58. The standard InChI is InChI=1S/C12H17NO3/c14-11-8-6-7(12(15)16)3-4-9(8)13-5-1-2-10(11)13/h7-10H,1-6H2,(H,15,16)/t7-,8+,9-,10+/m1/s1. The molecule has 1 N–H and O–H groups in total. The molecule has 0 aromatic carbocycles. The summed E-state index contributed by atoms with van der Waals surface area (Å²) >= 11 is 0. The molecule has 2 aliphatic heterocycles. The first-order valence-electron chi connectivity index (χ1n) is 6.21. The fourth-order valence-electron chi connectivity index (χ4n) is 3.82. The Morgan fingerprint density at radius 1 is 1.31 bits per heavy atom. The quantitative estimate of drug-likeness (QED) is 0.717. The van der Waals surface area contributed by atoms with Crippen LogP contribution in [0.25, 0.3) is 0 Å². The van der Waals surface area contributed by atoms with Crippen molar-refractivity contribution in [1.29, 1.82) is 0 Å². The number of Topliss-reactive ketones (excluding diaryl/α,β-unsaturated/α-hetero) is 1. The van der Waals surface area contributed by atoms with Gasteiger partial charge >= 0.3 is 5.97 Å². The highest BCUT2D eigenvalue weighted by molar-refractivity contribution is 5.90. The number of carbonyl (C=O) groups is 2. The van der Waals surface area contributed by atoms with Crippen LogP contribution in [0.5, 0.6) is 0 Å². The fourth-order valence-corrected chi connectivity index (χ4v) is 3.82. The van der Waals surface area contributed by atoms with Crippen molar-refractivity contribution in [3.8, 4) is 0 Å². The lowest BCUT2D eigenvalue weighted by molar-refractivity contribution is -0.143. The molecule has 2 heterocycles. The van der Waals surface area contributed by atoms with E-state index < -0.39 is 5.97 Å². The molecule has 0 spiro atoms. The van der Waals surface area contributed by atoms with E-state index in [9.17, 15) is 9.59 Å². The summed E-state index contributed by atoms with van der Waals surface area (Å²) < 4.78 is 0. The summed E-state index contributed by atoms with van der Waals surface area (Å²) in [5, 5.41) is 9.02. The van der Waals surface area contributed by atoms with Crippen molar-refractivity contribution in [2.45, 2.75) is 44.2 Å². The van der Waals surface area contributed by atoms with Gasteiger partial charge in [-0.2, -0.15) is 0 Å². The van der Waals surface area contributed by atoms with Crippen molar-refractivity contribution in [1.82, 2.24) is 4.90 Å². The molecule has 3 fully saturated rings. The van der Waals surface area contributed by atoms with Crippen LogP contribution >= 0.6 is 0 Å². The lowest BCUT2D eigenvalue weighted by atomic mass is 9.77. The molecule has 0 amide bonds. The van der Waals surface area contributed by atoms with Gasteiger partial charge in [-0.3, -0.25) is 14.5 Å². The number of fused-ring (bicyclic) bond motifs is 3. The second-order valence-corrected chi connectivity index (χ2v) is 5.32. The van der Waals surface area contributed by atoms with Gasteiger partial charge in [-0.15, -0.1) is 0 Å². The fraction of sp³-hybridized carbons (Fsp3) is 0.833. The lowest BCUT2D eigenvalue weighted by Gasteiger charge is -2.32. The zero-order chi connectivity index (χ0) is 11.3. The van der Waals surface area contributed by atoms with Crippen molar-refractivity contribution in [2.75, 3.05) is 6.54 Å². The van der Waals surface area contributed by atoms with Crippen molar-refractivity contribution < 1.29 is 14.7 Å². The van der Waals surface area contributed by atoms with Crippen LogP contribution in [0.4, 0.5) is 0 Å². The molecule has 88 valence electrons. The Morgan fingerprint density at radius 2 is 2.12 bits per heavy atom. The number of carboxylic acid groups (broad SMARTS) is 1. The number of rotatable bonds is 1. The number of carbonyl (C=O) groups excluding carboxylic acids is 1. The van der Waals surface area contributed by atoms with E-state index in [1.54, 1.807) is 0 Å². The molecular formula is C12H17NO3. The summed E-state index contributed by atoms with van der Waals surface area (Å²) in [5.74, 6) is -0.669. The molecule has 0 bridgehead atoms. The molecule has 3 aliphatic rings. The zero-order valence-electron chi connectivity index (χ0n) is 9.26. The number of aliphatic carboxylic acids is 1. The Balaban J connectivity index is 1.80. The topological polar surface area (TPSA) is 57.6 Å². The minimum atomic E-state index is -0.724. The maximum absolute atomic E-state index is 12.2. The van der Waals surface area contributed by atoms with Crippen LogP contribution in [0.2, 0.25) is 0 Å². The van der Waals surface area contributed by atoms with Gasteiger partial charge < -0.3 is 5.11 Å². The SMILES string of the molecule is O=C(O)[C@@H]1CC[C@@H]2[C@H](C1)C(=O)[C@@H]1CCCN21. The molecule has 3 rings (SSSR count). The second kappa shape index (κ2) is 3.55. The van der Waals surface area contributed by atoms with E-state index in [1.165, 1.54) is 0 Å². The van der Waals surface area contributed by atoms with Gasteiger partial charge in [0.2, 0.25) is 0 Å². The smallest absolute Gasteiger partial charge is 0.306 e. The summed E-state index contributed by atoms with van der Waals surface area (Å²) in [6, 6.07) is 0.484. The van der Waals surface area contributed by atoms with E-state index in [0.29, 0.717) is 18.2 Å². The molecule has 4 atom stereocenters. The van der Waals surface area contributed by atoms with Crippen LogP contribution in [-0.4, -0.2) is 40.4 Å².